The monoisotopic (exact) mass is 449 g/mol. The molecule has 1 aliphatic carbocycles. The molecule has 2 aliphatic rings. The van der Waals surface area contributed by atoms with Gasteiger partial charge in [0.15, 0.2) is 0 Å². The van der Waals surface area contributed by atoms with Crippen LogP contribution in [0.3, 0.4) is 0 Å². The van der Waals surface area contributed by atoms with Crippen LogP contribution in [-0.2, 0) is 4.79 Å². The fourth-order valence-corrected chi connectivity index (χ4v) is 4.15. The highest BCUT2D eigenvalue weighted by atomic mass is 16.2. The molecule has 33 heavy (non-hydrogen) atoms. The second-order valence-electron chi connectivity index (χ2n) is 9.32. The lowest BCUT2D eigenvalue weighted by atomic mass is 9.91. The number of nitrogens with zero attached hydrogens (tertiary/aromatic N) is 3. The summed E-state index contributed by atoms with van der Waals surface area (Å²) in [5.41, 5.74) is 6.44. The van der Waals surface area contributed by atoms with Gasteiger partial charge in [-0.3, -0.25) is 14.7 Å². The first-order valence-corrected chi connectivity index (χ1v) is 12.3. The Morgan fingerprint density at radius 1 is 1.06 bits per heavy atom. The van der Waals surface area contributed by atoms with Gasteiger partial charge in [-0.25, -0.2) is 0 Å². The van der Waals surface area contributed by atoms with Gasteiger partial charge in [-0.15, -0.1) is 0 Å². The van der Waals surface area contributed by atoms with Gasteiger partial charge in [0.2, 0.25) is 5.91 Å². The Hall–Kier alpha value is -2.46. The van der Waals surface area contributed by atoms with E-state index in [-0.39, 0.29) is 11.4 Å². The molecule has 0 aromatic heterocycles. The van der Waals surface area contributed by atoms with Crippen molar-refractivity contribution in [1.82, 2.24) is 9.80 Å². The van der Waals surface area contributed by atoms with Gasteiger partial charge in [-0.2, -0.15) is 0 Å². The number of benzene rings is 1. The van der Waals surface area contributed by atoms with Gasteiger partial charge in [0.05, 0.1) is 5.71 Å². The molecule has 0 saturated carbocycles. The lowest BCUT2D eigenvalue weighted by Gasteiger charge is -2.44. The summed E-state index contributed by atoms with van der Waals surface area (Å²) in [7, 11) is 1.85. The van der Waals surface area contributed by atoms with Crippen molar-refractivity contribution in [2.45, 2.75) is 66.3 Å². The van der Waals surface area contributed by atoms with Crippen LogP contribution in [0, 0.1) is 13.8 Å². The first-order chi connectivity index (χ1) is 15.7. The second kappa shape index (κ2) is 12.7. The number of hydrogen-bond donors (Lipinski definition) is 0. The molecule has 1 aliphatic heterocycles. The molecule has 180 valence electrons. The molecular weight excluding hydrogens is 406 g/mol. The van der Waals surface area contributed by atoms with E-state index in [9.17, 15) is 4.79 Å². The number of amides is 1. The van der Waals surface area contributed by atoms with Crippen molar-refractivity contribution in [2.75, 3.05) is 33.2 Å². The van der Waals surface area contributed by atoms with Crippen LogP contribution in [0.15, 0.2) is 59.1 Å². The Morgan fingerprint density at radius 3 is 2.27 bits per heavy atom. The molecule has 3 rings (SSSR count). The van der Waals surface area contributed by atoms with E-state index >= 15 is 0 Å². The van der Waals surface area contributed by atoms with Gasteiger partial charge >= 0.3 is 0 Å². The highest BCUT2D eigenvalue weighted by Gasteiger charge is 2.32. The Bertz CT molecular complexity index is 917. The predicted octanol–water partition coefficient (Wildman–Crippen LogP) is 5.89. The Morgan fingerprint density at radius 2 is 1.76 bits per heavy atom. The zero-order valence-corrected chi connectivity index (χ0v) is 21.8. The zero-order valence-electron chi connectivity index (χ0n) is 21.8. The number of carbonyl (C=O) groups excluding carboxylic acids is 1. The standard InChI is InChI=1S/C15H21N.C14H22N2O/c1-6-11(2)9-15(16-5)14-8-7-12(3)13(4)10-14;1-3-13(17)15-9-11-16(12-10-15)14(2)7-5-4-6-8-14/h7-10H,6H2,1-5H3;4-7H,3,8-12H2,1-2H3/b11-9+,16-15?;. The van der Waals surface area contributed by atoms with Gasteiger partial charge < -0.3 is 4.90 Å². The quantitative estimate of drug-likeness (QED) is 0.525. The maximum atomic E-state index is 11.6. The largest absolute Gasteiger partial charge is 0.340 e. The maximum absolute atomic E-state index is 11.6. The van der Waals surface area contributed by atoms with Gasteiger partial charge in [-0.05, 0) is 69.4 Å². The van der Waals surface area contributed by atoms with E-state index in [1.165, 1.54) is 22.3 Å². The Balaban J connectivity index is 0.000000234. The topological polar surface area (TPSA) is 35.9 Å². The third-order valence-electron chi connectivity index (χ3n) is 6.88. The highest BCUT2D eigenvalue weighted by Crippen LogP contribution is 2.26. The molecular formula is C29H43N3O. The van der Waals surface area contributed by atoms with Crippen molar-refractivity contribution in [3.8, 4) is 0 Å². The summed E-state index contributed by atoms with van der Waals surface area (Å²) in [5, 5.41) is 0. The number of allylic oxidation sites excluding steroid dienone is 4. The summed E-state index contributed by atoms with van der Waals surface area (Å²) in [5.74, 6) is 0.286. The minimum Gasteiger partial charge on any atom is -0.340 e. The molecule has 4 nitrogen and oxygen atoms in total. The van der Waals surface area contributed by atoms with E-state index in [1.807, 2.05) is 18.9 Å². The number of carbonyl (C=O) groups is 1. The summed E-state index contributed by atoms with van der Waals surface area (Å²) in [4.78, 5) is 20.4. The van der Waals surface area contributed by atoms with Gasteiger partial charge in [0.25, 0.3) is 0 Å². The van der Waals surface area contributed by atoms with Crippen LogP contribution in [0.5, 0.6) is 0 Å². The van der Waals surface area contributed by atoms with E-state index in [0.717, 1.165) is 44.7 Å². The van der Waals surface area contributed by atoms with Crippen LogP contribution in [0.1, 0.15) is 63.6 Å². The van der Waals surface area contributed by atoms with Crippen molar-refractivity contribution < 1.29 is 4.79 Å². The van der Waals surface area contributed by atoms with Crippen LogP contribution in [0.2, 0.25) is 0 Å². The van der Waals surface area contributed by atoms with Crippen LogP contribution in [0.25, 0.3) is 0 Å². The molecule has 0 spiro atoms. The van der Waals surface area contributed by atoms with Gasteiger partial charge in [0.1, 0.15) is 0 Å². The molecule has 0 radical (unpaired) electrons. The smallest absolute Gasteiger partial charge is 0.222 e. The number of hydrogen-bond acceptors (Lipinski definition) is 3. The van der Waals surface area contributed by atoms with Crippen molar-refractivity contribution in [1.29, 1.82) is 0 Å². The molecule has 4 heteroatoms. The zero-order chi connectivity index (χ0) is 24.4. The van der Waals surface area contributed by atoms with E-state index in [1.54, 1.807) is 0 Å². The summed E-state index contributed by atoms with van der Waals surface area (Å²) in [6, 6.07) is 6.51. The molecule has 0 N–H and O–H groups in total. The average Bonchev–Trinajstić information content (AvgIpc) is 2.84. The Kier molecular flexibility index (Phi) is 10.3. The van der Waals surface area contributed by atoms with Crippen molar-refractivity contribution in [3.63, 3.8) is 0 Å². The first kappa shape index (κ1) is 26.8. The second-order valence-corrected chi connectivity index (χ2v) is 9.32. The van der Waals surface area contributed by atoms with Crippen molar-refractivity contribution in [2.24, 2.45) is 4.99 Å². The molecule has 0 bridgehead atoms. The minimum absolute atomic E-state index is 0.149. The summed E-state index contributed by atoms with van der Waals surface area (Å²) in [6.07, 6.45) is 13.7. The summed E-state index contributed by atoms with van der Waals surface area (Å²) < 4.78 is 0. The number of rotatable bonds is 5. The normalized spacial score (nSPS) is 21.6. The molecule has 1 heterocycles. The average molecular weight is 450 g/mol. The fourth-order valence-electron chi connectivity index (χ4n) is 4.15. The molecule has 1 atom stereocenters. The van der Waals surface area contributed by atoms with Crippen LogP contribution in [-0.4, -0.2) is 60.2 Å². The van der Waals surface area contributed by atoms with E-state index in [2.05, 4.69) is 93.1 Å². The third kappa shape index (κ3) is 7.53. The molecule has 1 aromatic carbocycles. The third-order valence-corrected chi connectivity index (χ3v) is 6.88. The minimum atomic E-state index is 0.149. The highest BCUT2D eigenvalue weighted by molar-refractivity contribution is 6.09. The van der Waals surface area contributed by atoms with Gasteiger partial charge in [0, 0.05) is 45.2 Å². The molecule has 1 saturated heterocycles. The molecule has 1 amide bonds. The lowest BCUT2D eigenvalue weighted by Crippen LogP contribution is -2.56. The Labute approximate surface area is 201 Å². The SMILES string of the molecule is CC/C(C)=C/C(=NC)c1ccc(C)c(C)c1.CCC(=O)N1CCN(C2(C)C=CC=CC2)CC1. The van der Waals surface area contributed by atoms with Crippen molar-refractivity contribution >= 4 is 11.6 Å². The van der Waals surface area contributed by atoms with E-state index < -0.39 is 0 Å². The lowest BCUT2D eigenvalue weighted by molar-refractivity contribution is -0.133. The first-order valence-electron chi connectivity index (χ1n) is 12.3. The van der Waals surface area contributed by atoms with E-state index in [4.69, 9.17) is 0 Å². The number of aryl methyl sites for hydroxylation is 2. The fraction of sp³-hybridized carbons (Fsp3) is 0.517. The summed E-state index contributed by atoms with van der Waals surface area (Å²) >= 11 is 0. The molecule has 1 unspecified atom stereocenters. The number of piperazine rings is 1. The predicted molar refractivity (Wildman–Crippen MR) is 142 cm³/mol. The maximum Gasteiger partial charge on any atom is 0.222 e. The van der Waals surface area contributed by atoms with E-state index in [0.29, 0.717) is 6.42 Å². The van der Waals surface area contributed by atoms with Crippen LogP contribution >= 0.6 is 0 Å². The molecule has 1 fully saturated rings. The van der Waals surface area contributed by atoms with Gasteiger partial charge in [-0.1, -0.05) is 55.9 Å². The van der Waals surface area contributed by atoms with Crippen LogP contribution in [0.4, 0.5) is 0 Å². The molecule has 1 aromatic rings. The number of aliphatic imine (C=N–C) groups is 1. The van der Waals surface area contributed by atoms with Crippen molar-refractivity contribution in [3.05, 3.63) is 70.8 Å². The summed E-state index contributed by atoms with van der Waals surface area (Å²) in [6.45, 7) is 16.5. The van der Waals surface area contributed by atoms with Crippen LogP contribution < -0.4 is 0 Å².